The first kappa shape index (κ1) is 16.5. The van der Waals surface area contributed by atoms with Crippen molar-refractivity contribution in [1.82, 2.24) is 9.88 Å². The van der Waals surface area contributed by atoms with Gasteiger partial charge in [0.2, 0.25) is 0 Å². The number of rotatable bonds is 3. The summed E-state index contributed by atoms with van der Waals surface area (Å²) < 4.78 is 0. The first-order valence-electron chi connectivity index (χ1n) is 8.73. The Morgan fingerprint density at radius 1 is 1.42 bits per heavy atom. The second kappa shape index (κ2) is 7.04. The van der Waals surface area contributed by atoms with Crippen molar-refractivity contribution in [2.24, 2.45) is 4.99 Å². The SMILES string of the molecule is C/C=C\C=C(/C)C(=O)N1CCc2c([nH]c3c2C=CCC3)/C1=N/CC. The van der Waals surface area contributed by atoms with Crippen LogP contribution in [0.5, 0.6) is 0 Å². The van der Waals surface area contributed by atoms with Crippen LogP contribution in [0, 0.1) is 0 Å². The number of nitrogens with zero attached hydrogens (tertiary/aromatic N) is 2. The van der Waals surface area contributed by atoms with Gasteiger partial charge >= 0.3 is 0 Å². The largest absolute Gasteiger partial charge is 0.355 e. The van der Waals surface area contributed by atoms with Gasteiger partial charge in [0.25, 0.3) is 5.91 Å². The fraction of sp³-hybridized carbons (Fsp3) is 0.400. The number of amidine groups is 1. The normalized spacial score (nSPS) is 19.0. The Kier molecular flexibility index (Phi) is 4.84. The molecule has 0 fully saturated rings. The van der Waals surface area contributed by atoms with Crippen molar-refractivity contribution < 1.29 is 4.79 Å². The molecular weight excluding hydrogens is 298 g/mol. The summed E-state index contributed by atoms with van der Waals surface area (Å²) in [5, 5.41) is 0. The van der Waals surface area contributed by atoms with Crippen molar-refractivity contribution >= 4 is 17.8 Å². The number of hydrogen-bond acceptors (Lipinski definition) is 2. The number of aryl methyl sites for hydroxylation is 1. The summed E-state index contributed by atoms with van der Waals surface area (Å²) in [6, 6.07) is 0. The summed E-state index contributed by atoms with van der Waals surface area (Å²) in [5.41, 5.74) is 5.67. The minimum atomic E-state index is 0.0362. The van der Waals surface area contributed by atoms with Crippen LogP contribution in [0.3, 0.4) is 0 Å². The van der Waals surface area contributed by atoms with Gasteiger partial charge in [0.1, 0.15) is 0 Å². The van der Waals surface area contributed by atoms with Crippen LogP contribution in [0.25, 0.3) is 6.08 Å². The molecule has 0 spiro atoms. The zero-order valence-electron chi connectivity index (χ0n) is 14.7. The molecule has 0 atom stereocenters. The number of hydrogen-bond donors (Lipinski definition) is 1. The molecule has 1 aromatic heterocycles. The Labute approximate surface area is 143 Å². The molecule has 126 valence electrons. The van der Waals surface area contributed by atoms with Crippen molar-refractivity contribution in [2.45, 2.75) is 40.0 Å². The van der Waals surface area contributed by atoms with E-state index in [0.717, 1.165) is 36.4 Å². The third kappa shape index (κ3) is 2.88. The highest BCUT2D eigenvalue weighted by atomic mass is 16.2. The third-order valence-electron chi connectivity index (χ3n) is 4.57. The van der Waals surface area contributed by atoms with Gasteiger partial charge in [-0.3, -0.25) is 14.7 Å². The third-order valence-corrected chi connectivity index (χ3v) is 4.57. The molecular formula is C20H25N3O. The standard InChI is InChI=1S/C20H25N3O/c1-4-6-9-14(3)20(24)23-13-12-16-15-10-7-8-11-17(15)22-18(16)19(23)21-5-2/h4,6-7,9-10,22H,5,8,11-13H2,1-3H3/b6-4-,14-9+,21-19-. The van der Waals surface area contributed by atoms with Crippen molar-refractivity contribution in [3.05, 3.63) is 52.4 Å². The lowest BCUT2D eigenvalue weighted by Crippen LogP contribution is -2.43. The van der Waals surface area contributed by atoms with E-state index in [9.17, 15) is 4.79 Å². The summed E-state index contributed by atoms with van der Waals surface area (Å²) >= 11 is 0. The molecule has 0 aromatic carbocycles. The van der Waals surface area contributed by atoms with Gasteiger partial charge in [-0.25, -0.2) is 0 Å². The monoisotopic (exact) mass is 323 g/mol. The molecule has 4 heteroatoms. The van der Waals surface area contributed by atoms with Gasteiger partial charge in [0.15, 0.2) is 5.84 Å². The quantitative estimate of drug-likeness (QED) is 0.670. The Bertz CT molecular complexity index is 762. The van der Waals surface area contributed by atoms with Gasteiger partial charge in [-0.05, 0) is 51.2 Å². The number of amides is 1. The van der Waals surface area contributed by atoms with Gasteiger partial charge in [0, 0.05) is 24.4 Å². The van der Waals surface area contributed by atoms with Gasteiger partial charge in [-0.2, -0.15) is 0 Å². The molecule has 0 radical (unpaired) electrons. The zero-order valence-corrected chi connectivity index (χ0v) is 14.7. The number of nitrogens with one attached hydrogen (secondary N) is 1. The highest BCUT2D eigenvalue weighted by molar-refractivity contribution is 6.13. The maximum absolute atomic E-state index is 12.9. The van der Waals surface area contributed by atoms with Crippen LogP contribution in [0.4, 0.5) is 0 Å². The second-order valence-electron chi connectivity index (χ2n) is 6.19. The molecule has 0 saturated carbocycles. The van der Waals surface area contributed by atoms with Crippen LogP contribution in [0.1, 0.15) is 49.7 Å². The van der Waals surface area contributed by atoms with Gasteiger partial charge in [-0.15, -0.1) is 0 Å². The van der Waals surface area contributed by atoms with E-state index in [1.807, 2.05) is 43.9 Å². The predicted octanol–water partition coefficient (Wildman–Crippen LogP) is 3.65. The van der Waals surface area contributed by atoms with E-state index in [4.69, 9.17) is 0 Å². The van der Waals surface area contributed by atoms with E-state index in [1.165, 1.54) is 16.8 Å². The summed E-state index contributed by atoms with van der Waals surface area (Å²) in [6.45, 7) is 7.17. The number of allylic oxidation sites excluding steroid dienone is 4. The maximum atomic E-state index is 12.9. The highest BCUT2D eigenvalue weighted by Crippen LogP contribution is 2.30. The predicted molar refractivity (Wildman–Crippen MR) is 99.2 cm³/mol. The topological polar surface area (TPSA) is 48.5 Å². The number of carbonyl (C=O) groups is 1. The van der Waals surface area contributed by atoms with Crippen molar-refractivity contribution in [2.75, 3.05) is 13.1 Å². The van der Waals surface area contributed by atoms with Crippen LogP contribution in [0.15, 0.2) is 34.9 Å². The van der Waals surface area contributed by atoms with Crippen LogP contribution in [-0.4, -0.2) is 34.7 Å². The highest BCUT2D eigenvalue weighted by Gasteiger charge is 2.31. The molecule has 2 heterocycles. The van der Waals surface area contributed by atoms with E-state index in [-0.39, 0.29) is 5.91 Å². The van der Waals surface area contributed by atoms with E-state index >= 15 is 0 Å². The average molecular weight is 323 g/mol. The summed E-state index contributed by atoms with van der Waals surface area (Å²) in [6.07, 6.45) is 13.1. The Morgan fingerprint density at radius 2 is 2.25 bits per heavy atom. The first-order chi connectivity index (χ1) is 11.7. The number of aliphatic imine (C=N–C) groups is 1. The lowest BCUT2D eigenvalue weighted by Gasteiger charge is -2.29. The Balaban J connectivity index is 2.00. The van der Waals surface area contributed by atoms with Gasteiger partial charge in [-0.1, -0.05) is 30.4 Å². The number of H-pyrrole nitrogens is 1. The van der Waals surface area contributed by atoms with Crippen LogP contribution in [0.2, 0.25) is 0 Å². The molecule has 1 aliphatic heterocycles. The van der Waals surface area contributed by atoms with Crippen molar-refractivity contribution in [1.29, 1.82) is 0 Å². The summed E-state index contributed by atoms with van der Waals surface area (Å²) in [4.78, 5) is 22.9. The molecule has 1 amide bonds. The molecule has 4 nitrogen and oxygen atoms in total. The fourth-order valence-corrected chi connectivity index (χ4v) is 3.39. The Morgan fingerprint density at radius 3 is 3.00 bits per heavy atom. The van der Waals surface area contributed by atoms with Gasteiger partial charge in [0.05, 0.1) is 5.69 Å². The fourth-order valence-electron chi connectivity index (χ4n) is 3.39. The molecule has 0 saturated heterocycles. The van der Waals surface area contributed by atoms with E-state index in [2.05, 4.69) is 22.1 Å². The molecule has 1 aliphatic carbocycles. The number of aromatic nitrogens is 1. The zero-order chi connectivity index (χ0) is 17.1. The minimum Gasteiger partial charge on any atom is -0.355 e. The van der Waals surface area contributed by atoms with Crippen LogP contribution in [-0.2, 0) is 17.6 Å². The minimum absolute atomic E-state index is 0.0362. The lowest BCUT2D eigenvalue weighted by molar-refractivity contribution is -0.123. The molecule has 3 rings (SSSR count). The van der Waals surface area contributed by atoms with Crippen LogP contribution < -0.4 is 0 Å². The van der Waals surface area contributed by atoms with E-state index in [0.29, 0.717) is 13.1 Å². The average Bonchev–Trinajstić information content (AvgIpc) is 2.98. The maximum Gasteiger partial charge on any atom is 0.255 e. The summed E-state index contributed by atoms with van der Waals surface area (Å²) in [5.74, 6) is 0.828. The molecule has 24 heavy (non-hydrogen) atoms. The molecule has 0 unspecified atom stereocenters. The van der Waals surface area contributed by atoms with Crippen molar-refractivity contribution in [3.8, 4) is 0 Å². The van der Waals surface area contributed by atoms with Gasteiger partial charge < -0.3 is 4.98 Å². The van der Waals surface area contributed by atoms with E-state index < -0.39 is 0 Å². The number of aromatic amines is 1. The first-order valence-corrected chi connectivity index (χ1v) is 8.73. The van der Waals surface area contributed by atoms with E-state index in [1.54, 1.807) is 0 Å². The number of carbonyl (C=O) groups excluding carboxylic acids is 1. The second-order valence-corrected chi connectivity index (χ2v) is 6.19. The molecule has 1 N–H and O–H groups in total. The Hall–Kier alpha value is -2.36. The number of fused-ring (bicyclic) bond motifs is 3. The molecule has 0 bridgehead atoms. The smallest absolute Gasteiger partial charge is 0.255 e. The van der Waals surface area contributed by atoms with Crippen molar-refractivity contribution in [3.63, 3.8) is 0 Å². The summed E-state index contributed by atoms with van der Waals surface area (Å²) in [7, 11) is 0. The lowest BCUT2D eigenvalue weighted by atomic mass is 9.96. The molecule has 1 aromatic rings. The molecule has 2 aliphatic rings. The van der Waals surface area contributed by atoms with Crippen LogP contribution >= 0.6 is 0 Å².